The minimum Gasteiger partial charge on any atom is -1.00 e. The van der Waals surface area contributed by atoms with Crippen molar-refractivity contribution in [3.8, 4) is 0 Å². The second kappa shape index (κ2) is 23.8. The van der Waals surface area contributed by atoms with Gasteiger partial charge in [-0.2, -0.15) is 8.42 Å². The van der Waals surface area contributed by atoms with Crippen LogP contribution in [0.15, 0.2) is 30.3 Å². The molecular formula is C25H47NaO3S. The fourth-order valence-electron chi connectivity index (χ4n) is 3.37. The Morgan fingerprint density at radius 2 is 1.00 bits per heavy atom. The quantitative estimate of drug-likeness (QED) is 0.200. The molecule has 0 aliphatic heterocycles. The van der Waals surface area contributed by atoms with Gasteiger partial charge in [-0.1, -0.05) is 139 Å². The van der Waals surface area contributed by atoms with E-state index >= 15 is 0 Å². The first kappa shape index (κ1) is 32.3. The summed E-state index contributed by atoms with van der Waals surface area (Å²) in [5, 5.41) is 0. The van der Waals surface area contributed by atoms with E-state index in [9.17, 15) is 8.42 Å². The second-order valence-electron chi connectivity index (χ2n) is 8.24. The first-order valence-electron chi connectivity index (χ1n) is 11.9. The first-order chi connectivity index (χ1) is 14.0. The summed E-state index contributed by atoms with van der Waals surface area (Å²) in [4.78, 5) is 0. The van der Waals surface area contributed by atoms with Crippen molar-refractivity contribution in [2.24, 2.45) is 0 Å². The van der Waals surface area contributed by atoms with Crippen LogP contribution in [-0.4, -0.2) is 18.7 Å². The van der Waals surface area contributed by atoms with E-state index in [1.165, 1.54) is 89.0 Å². The van der Waals surface area contributed by atoms with Gasteiger partial charge >= 0.3 is 29.6 Å². The molecule has 0 heterocycles. The number of hydrogen-bond acceptors (Lipinski definition) is 2. The molecule has 0 radical (unpaired) electrons. The van der Waals surface area contributed by atoms with E-state index in [0.29, 0.717) is 6.42 Å². The zero-order valence-electron chi connectivity index (χ0n) is 21.1. The van der Waals surface area contributed by atoms with Crippen LogP contribution in [-0.2, 0) is 10.1 Å². The summed E-state index contributed by atoms with van der Waals surface area (Å²) in [6, 6.07) is 10.3. The predicted molar refractivity (Wildman–Crippen MR) is 128 cm³/mol. The van der Waals surface area contributed by atoms with Crippen LogP contribution in [0.5, 0.6) is 0 Å². The maximum atomic E-state index is 10.5. The Morgan fingerprint density at radius 1 is 0.667 bits per heavy atom. The molecule has 0 spiro atoms. The maximum Gasteiger partial charge on any atom is 1.00 e. The molecule has 0 atom stereocenters. The molecule has 0 saturated heterocycles. The molecule has 3 nitrogen and oxygen atoms in total. The van der Waals surface area contributed by atoms with Gasteiger partial charge in [-0.25, -0.2) is 0 Å². The predicted octanol–water partition coefficient (Wildman–Crippen LogP) is 5.25. The van der Waals surface area contributed by atoms with Crippen LogP contribution in [0.25, 0.3) is 0 Å². The van der Waals surface area contributed by atoms with E-state index in [2.05, 4.69) is 26.0 Å². The van der Waals surface area contributed by atoms with E-state index in [1.807, 2.05) is 18.2 Å². The Kier molecular flexibility index (Phi) is 25.6. The van der Waals surface area contributed by atoms with E-state index < -0.39 is 10.1 Å². The van der Waals surface area contributed by atoms with E-state index in [4.69, 9.17) is 4.55 Å². The summed E-state index contributed by atoms with van der Waals surface area (Å²) >= 11 is 0. The van der Waals surface area contributed by atoms with Crippen molar-refractivity contribution in [3.63, 3.8) is 0 Å². The summed E-state index contributed by atoms with van der Waals surface area (Å²) in [6.45, 7) is 4.35. The van der Waals surface area contributed by atoms with Gasteiger partial charge in [0, 0.05) is 0 Å². The molecule has 0 aromatic heterocycles. The molecule has 0 bridgehead atoms. The SMILES string of the molecule is CCCCCCCCCCCCCCCCCCS(=O)(=O)O.Cc1ccccc1.[H-].[Na+]. The molecule has 0 aliphatic carbocycles. The number of benzene rings is 1. The molecule has 1 aromatic carbocycles. The summed E-state index contributed by atoms with van der Waals surface area (Å²) < 4.78 is 29.7. The number of rotatable bonds is 17. The zero-order chi connectivity index (χ0) is 21.6. The third-order valence-corrected chi connectivity index (χ3v) is 6.00. The van der Waals surface area contributed by atoms with Crippen molar-refractivity contribution < 1.29 is 44.0 Å². The van der Waals surface area contributed by atoms with Gasteiger partial charge in [-0.15, -0.1) is 0 Å². The number of aryl methyl sites for hydroxylation is 1. The van der Waals surface area contributed by atoms with Crippen molar-refractivity contribution in [2.75, 3.05) is 5.75 Å². The first-order valence-corrected chi connectivity index (χ1v) is 13.5. The Hall–Kier alpha value is 0.130. The van der Waals surface area contributed by atoms with Gasteiger partial charge < -0.3 is 1.43 Å². The van der Waals surface area contributed by atoms with Crippen LogP contribution in [0, 0.1) is 6.92 Å². The molecule has 172 valence electrons. The van der Waals surface area contributed by atoms with Crippen molar-refractivity contribution >= 4 is 10.1 Å². The van der Waals surface area contributed by atoms with E-state index in [-0.39, 0.29) is 36.7 Å². The minimum atomic E-state index is -3.74. The summed E-state index contributed by atoms with van der Waals surface area (Å²) in [5.74, 6) is -0.0779. The van der Waals surface area contributed by atoms with Crippen LogP contribution in [0.1, 0.15) is 117 Å². The zero-order valence-corrected chi connectivity index (χ0v) is 22.9. The monoisotopic (exact) mass is 450 g/mol. The third kappa shape index (κ3) is 28.1. The molecule has 1 N–H and O–H groups in total. The van der Waals surface area contributed by atoms with Gasteiger partial charge in [0.15, 0.2) is 0 Å². The minimum absolute atomic E-state index is 0. The average Bonchev–Trinajstić information content (AvgIpc) is 2.68. The molecule has 0 aliphatic rings. The second-order valence-corrected chi connectivity index (χ2v) is 9.82. The molecule has 5 heteroatoms. The standard InChI is InChI=1S/C18H38O3S.C7H8.Na.H/c1-2-3-4-5-6-7-8-9-10-11-12-13-14-15-16-17-18-22(19,20)21;1-7-5-3-2-4-6-7;;/h2-18H2,1H3,(H,19,20,21);2-6H,1H3;;/q;;+1;-1. The van der Waals surface area contributed by atoms with Crippen LogP contribution < -0.4 is 29.6 Å². The molecule has 0 fully saturated rings. The Morgan fingerprint density at radius 3 is 1.27 bits per heavy atom. The van der Waals surface area contributed by atoms with Crippen LogP contribution >= 0.6 is 0 Å². The molecule has 1 rings (SSSR count). The molecular weight excluding hydrogens is 403 g/mol. The van der Waals surface area contributed by atoms with Crippen molar-refractivity contribution in [1.29, 1.82) is 0 Å². The molecule has 0 saturated carbocycles. The summed E-state index contributed by atoms with van der Waals surface area (Å²) in [7, 11) is -3.74. The summed E-state index contributed by atoms with van der Waals surface area (Å²) in [6.07, 6.45) is 20.3. The normalized spacial score (nSPS) is 10.8. The Bertz CT molecular complexity index is 553. The molecule has 0 unspecified atom stereocenters. The summed E-state index contributed by atoms with van der Waals surface area (Å²) in [5.41, 5.74) is 1.32. The van der Waals surface area contributed by atoms with Crippen LogP contribution in [0.4, 0.5) is 0 Å². The van der Waals surface area contributed by atoms with Crippen molar-refractivity contribution in [1.82, 2.24) is 0 Å². The number of unbranched alkanes of at least 4 members (excludes halogenated alkanes) is 15. The van der Waals surface area contributed by atoms with Gasteiger partial charge in [0.1, 0.15) is 0 Å². The Labute approximate surface area is 211 Å². The number of hydrogen-bond donors (Lipinski definition) is 1. The van der Waals surface area contributed by atoms with Gasteiger partial charge in [0.25, 0.3) is 10.1 Å². The van der Waals surface area contributed by atoms with Gasteiger partial charge in [-0.3, -0.25) is 4.55 Å². The maximum absolute atomic E-state index is 10.5. The van der Waals surface area contributed by atoms with Crippen molar-refractivity contribution in [3.05, 3.63) is 35.9 Å². The molecule has 1 aromatic rings. The smallest absolute Gasteiger partial charge is 1.00 e. The fraction of sp³-hybridized carbons (Fsp3) is 0.760. The van der Waals surface area contributed by atoms with Crippen LogP contribution in [0.2, 0.25) is 0 Å². The van der Waals surface area contributed by atoms with Crippen LogP contribution in [0.3, 0.4) is 0 Å². The third-order valence-electron chi connectivity index (χ3n) is 5.20. The van der Waals surface area contributed by atoms with E-state index in [1.54, 1.807) is 0 Å². The molecule has 0 amide bonds. The Balaban J connectivity index is -0.000000735. The van der Waals surface area contributed by atoms with E-state index in [0.717, 1.165) is 12.8 Å². The largest absolute Gasteiger partial charge is 1.00 e. The average molecular weight is 451 g/mol. The fourth-order valence-corrected chi connectivity index (χ4v) is 3.94. The topological polar surface area (TPSA) is 54.4 Å². The van der Waals surface area contributed by atoms with Gasteiger partial charge in [-0.05, 0) is 13.3 Å². The van der Waals surface area contributed by atoms with Gasteiger partial charge in [0.05, 0.1) is 5.75 Å². The molecule has 30 heavy (non-hydrogen) atoms. The van der Waals surface area contributed by atoms with Gasteiger partial charge in [0.2, 0.25) is 0 Å². The van der Waals surface area contributed by atoms with Crippen molar-refractivity contribution in [2.45, 2.75) is 117 Å².